The maximum atomic E-state index is 13.4. The molecule has 0 aliphatic carbocycles. The zero-order chi connectivity index (χ0) is 30.9. The number of fused-ring (bicyclic) bond motifs is 1. The molecule has 4 aromatic rings. The molecule has 3 unspecified atom stereocenters. The number of phenolic OH excluding ortho intramolecular Hbond substituents is 2. The number of amides is 3. The van der Waals surface area contributed by atoms with Crippen molar-refractivity contribution in [1.29, 1.82) is 0 Å². The van der Waals surface area contributed by atoms with E-state index in [-0.39, 0.29) is 30.8 Å². The first-order chi connectivity index (χ1) is 20.6. The Balaban J connectivity index is 1.43. The van der Waals surface area contributed by atoms with Gasteiger partial charge in [0.05, 0.1) is 12.6 Å². The van der Waals surface area contributed by atoms with Gasteiger partial charge in [0.2, 0.25) is 17.7 Å². The molecule has 0 bridgehead atoms. The number of aromatic hydroxyl groups is 2. The number of benzene rings is 3. The van der Waals surface area contributed by atoms with Crippen molar-refractivity contribution in [2.75, 3.05) is 6.54 Å². The fourth-order valence-electron chi connectivity index (χ4n) is 4.59. The van der Waals surface area contributed by atoms with E-state index in [0.717, 1.165) is 22.0 Å². The van der Waals surface area contributed by atoms with Crippen LogP contribution in [-0.2, 0) is 38.4 Å². The predicted octanol–water partition coefficient (Wildman–Crippen LogP) is 1.10. The van der Waals surface area contributed by atoms with Crippen LogP contribution in [0.4, 0.5) is 0 Å². The molecule has 12 nitrogen and oxygen atoms in total. The van der Waals surface area contributed by atoms with Crippen molar-refractivity contribution in [2.45, 2.75) is 37.4 Å². The molecular formula is C31H33N5O7. The number of aromatic amines is 1. The number of nitrogens with one attached hydrogen (secondary N) is 4. The fraction of sp³-hybridized carbons (Fsp3) is 0.226. The van der Waals surface area contributed by atoms with E-state index < -0.39 is 48.4 Å². The van der Waals surface area contributed by atoms with Crippen LogP contribution in [0.5, 0.6) is 11.5 Å². The van der Waals surface area contributed by atoms with E-state index in [1.807, 2.05) is 24.3 Å². The van der Waals surface area contributed by atoms with Crippen molar-refractivity contribution in [3.8, 4) is 11.5 Å². The van der Waals surface area contributed by atoms with Crippen molar-refractivity contribution >= 4 is 34.6 Å². The largest absolute Gasteiger partial charge is 0.508 e. The van der Waals surface area contributed by atoms with Gasteiger partial charge in [-0.3, -0.25) is 14.4 Å². The van der Waals surface area contributed by atoms with Gasteiger partial charge in [0, 0.05) is 29.9 Å². The molecule has 12 heteroatoms. The number of rotatable bonds is 13. The zero-order valence-corrected chi connectivity index (χ0v) is 23.1. The van der Waals surface area contributed by atoms with E-state index in [1.165, 1.54) is 24.3 Å². The Kier molecular flexibility index (Phi) is 9.97. The van der Waals surface area contributed by atoms with E-state index in [4.69, 9.17) is 5.73 Å². The molecule has 9 N–H and O–H groups in total. The summed E-state index contributed by atoms with van der Waals surface area (Å²) >= 11 is 0. The summed E-state index contributed by atoms with van der Waals surface area (Å²) in [5.41, 5.74) is 8.83. The molecule has 3 amide bonds. The van der Waals surface area contributed by atoms with Crippen LogP contribution in [0.15, 0.2) is 79.0 Å². The maximum absolute atomic E-state index is 13.4. The number of hydrogen-bond donors (Lipinski definition) is 8. The minimum absolute atomic E-state index is 0.0227. The molecule has 4 rings (SSSR count). The highest BCUT2D eigenvalue weighted by Crippen LogP contribution is 2.19. The summed E-state index contributed by atoms with van der Waals surface area (Å²) in [6, 6.07) is 16.1. The van der Waals surface area contributed by atoms with Crippen LogP contribution in [0.1, 0.15) is 16.7 Å². The highest BCUT2D eigenvalue weighted by Gasteiger charge is 2.28. The average Bonchev–Trinajstić information content (AvgIpc) is 3.40. The van der Waals surface area contributed by atoms with Crippen LogP contribution in [0.2, 0.25) is 0 Å². The lowest BCUT2D eigenvalue weighted by atomic mass is 10.0. The molecule has 3 aromatic carbocycles. The second kappa shape index (κ2) is 14.0. The molecule has 0 saturated heterocycles. The summed E-state index contributed by atoms with van der Waals surface area (Å²) in [5.74, 6) is -3.14. The summed E-state index contributed by atoms with van der Waals surface area (Å²) < 4.78 is 0. The lowest BCUT2D eigenvalue weighted by Gasteiger charge is -2.22. The molecule has 0 radical (unpaired) electrons. The summed E-state index contributed by atoms with van der Waals surface area (Å²) in [7, 11) is 0. The molecule has 224 valence electrons. The Morgan fingerprint density at radius 2 is 1.35 bits per heavy atom. The second-order valence-corrected chi connectivity index (χ2v) is 10.1. The highest BCUT2D eigenvalue weighted by molar-refractivity contribution is 5.93. The van der Waals surface area contributed by atoms with Crippen LogP contribution in [0, 0.1) is 0 Å². The molecule has 1 aromatic heterocycles. The van der Waals surface area contributed by atoms with Crippen LogP contribution >= 0.6 is 0 Å². The maximum Gasteiger partial charge on any atom is 0.326 e. The molecule has 0 aliphatic heterocycles. The molecule has 0 saturated carbocycles. The van der Waals surface area contributed by atoms with Crippen LogP contribution in [0.25, 0.3) is 10.9 Å². The predicted molar refractivity (Wildman–Crippen MR) is 158 cm³/mol. The quantitative estimate of drug-likeness (QED) is 0.113. The smallest absolute Gasteiger partial charge is 0.326 e. The Bertz CT molecular complexity index is 1580. The number of para-hydroxylation sites is 1. The van der Waals surface area contributed by atoms with Gasteiger partial charge in [-0.1, -0.05) is 42.5 Å². The van der Waals surface area contributed by atoms with Gasteiger partial charge in [-0.2, -0.15) is 0 Å². The van der Waals surface area contributed by atoms with E-state index in [2.05, 4.69) is 20.9 Å². The number of phenols is 2. The SMILES string of the molecule is NC(Cc1ccc(O)cc1)C(=O)NCC(=O)NC(Cc1c[nH]c2ccccc12)C(=O)NC(Cc1ccc(O)cc1)C(=O)O. The topological polar surface area (TPSA) is 207 Å². The summed E-state index contributed by atoms with van der Waals surface area (Å²) in [6.07, 6.45) is 1.88. The normalized spacial score (nSPS) is 13.0. The Labute approximate surface area is 246 Å². The van der Waals surface area contributed by atoms with E-state index in [9.17, 15) is 34.5 Å². The molecule has 0 spiro atoms. The summed E-state index contributed by atoms with van der Waals surface area (Å²) in [4.78, 5) is 53.9. The monoisotopic (exact) mass is 587 g/mol. The molecule has 1 heterocycles. The standard InChI is InChI=1S/C31H33N5O7/c32-24(13-18-5-9-21(37)10-6-18)29(40)34-17-28(39)35-26(15-20-16-33-25-4-2-1-3-23(20)25)30(41)36-27(31(42)43)14-19-7-11-22(38)12-8-19/h1-12,16,24,26-27,33,37-38H,13-15,17,32H2,(H,34,40)(H,35,39)(H,36,41)(H,42,43). The first-order valence-corrected chi connectivity index (χ1v) is 13.6. The van der Waals surface area contributed by atoms with Crippen LogP contribution in [0.3, 0.4) is 0 Å². The third kappa shape index (κ3) is 8.57. The molecule has 0 fully saturated rings. The zero-order valence-electron chi connectivity index (χ0n) is 23.1. The van der Waals surface area contributed by atoms with Crippen LogP contribution < -0.4 is 21.7 Å². The molecular weight excluding hydrogens is 554 g/mol. The number of aliphatic carboxylic acids is 1. The van der Waals surface area contributed by atoms with Gasteiger partial charge < -0.3 is 42.0 Å². The number of carbonyl (C=O) groups is 4. The number of hydrogen-bond acceptors (Lipinski definition) is 7. The Morgan fingerprint density at radius 3 is 1.98 bits per heavy atom. The van der Waals surface area contributed by atoms with Crippen molar-refractivity contribution in [1.82, 2.24) is 20.9 Å². The second-order valence-electron chi connectivity index (χ2n) is 10.1. The lowest BCUT2D eigenvalue weighted by molar-refractivity contribution is -0.142. The van der Waals surface area contributed by atoms with Gasteiger partial charge in [-0.05, 0) is 53.4 Å². The Morgan fingerprint density at radius 1 is 0.744 bits per heavy atom. The van der Waals surface area contributed by atoms with Gasteiger partial charge >= 0.3 is 5.97 Å². The summed E-state index contributed by atoms with van der Waals surface area (Å²) in [5, 5.41) is 37.1. The Hall–Kier alpha value is -5.36. The average molecular weight is 588 g/mol. The molecule has 3 atom stereocenters. The first-order valence-electron chi connectivity index (χ1n) is 13.6. The van der Waals surface area contributed by atoms with Gasteiger partial charge in [0.25, 0.3) is 0 Å². The lowest BCUT2D eigenvalue weighted by Crippen LogP contribution is -2.55. The van der Waals surface area contributed by atoms with Gasteiger partial charge in [-0.15, -0.1) is 0 Å². The number of nitrogens with two attached hydrogens (primary N) is 1. The van der Waals surface area contributed by atoms with Gasteiger partial charge in [0.1, 0.15) is 23.6 Å². The van der Waals surface area contributed by atoms with Gasteiger partial charge in [-0.25, -0.2) is 4.79 Å². The fourth-order valence-corrected chi connectivity index (χ4v) is 4.59. The minimum atomic E-state index is -1.31. The van der Waals surface area contributed by atoms with Crippen molar-refractivity contribution < 1.29 is 34.5 Å². The van der Waals surface area contributed by atoms with E-state index in [0.29, 0.717) is 5.56 Å². The number of aromatic nitrogens is 1. The van der Waals surface area contributed by atoms with Crippen LogP contribution in [-0.4, -0.2) is 68.7 Å². The number of carboxylic acid groups (broad SMARTS) is 1. The molecule has 0 aliphatic rings. The third-order valence-corrected chi connectivity index (χ3v) is 6.89. The highest BCUT2D eigenvalue weighted by atomic mass is 16.4. The molecule has 43 heavy (non-hydrogen) atoms. The number of carboxylic acids is 1. The van der Waals surface area contributed by atoms with E-state index in [1.54, 1.807) is 30.5 Å². The number of H-pyrrole nitrogens is 1. The first kappa shape index (κ1) is 30.6. The third-order valence-electron chi connectivity index (χ3n) is 6.89. The van der Waals surface area contributed by atoms with Crippen molar-refractivity contribution in [3.63, 3.8) is 0 Å². The van der Waals surface area contributed by atoms with E-state index >= 15 is 0 Å². The summed E-state index contributed by atoms with van der Waals surface area (Å²) in [6.45, 7) is -0.463. The number of carbonyl (C=O) groups excluding carboxylic acids is 3. The van der Waals surface area contributed by atoms with Crippen molar-refractivity contribution in [3.05, 3.63) is 95.7 Å². The minimum Gasteiger partial charge on any atom is -0.508 e. The van der Waals surface area contributed by atoms with Gasteiger partial charge in [0.15, 0.2) is 0 Å². The van der Waals surface area contributed by atoms with Crippen molar-refractivity contribution in [2.24, 2.45) is 5.73 Å².